The monoisotopic (exact) mass is 370 g/mol. The molecule has 1 amide bonds. The number of carbonyl (C=O) groups excluding carboxylic acids is 1. The molecule has 1 fully saturated rings. The van der Waals surface area contributed by atoms with Gasteiger partial charge in [0.15, 0.2) is 5.76 Å². The zero-order chi connectivity index (χ0) is 19.1. The van der Waals surface area contributed by atoms with Gasteiger partial charge in [0.05, 0.1) is 6.26 Å². The number of aromatic nitrogens is 1. The van der Waals surface area contributed by atoms with Crippen LogP contribution in [0.2, 0.25) is 0 Å². The van der Waals surface area contributed by atoms with Crippen LogP contribution in [0.1, 0.15) is 29.1 Å². The molecule has 0 spiro atoms. The summed E-state index contributed by atoms with van der Waals surface area (Å²) in [6.45, 7) is 4.63. The lowest BCUT2D eigenvalue weighted by Gasteiger charge is -2.38. The minimum Gasteiger partial charge on any atom is -0.459 e. The van der Waals surface area contributed by atoms with Gasteiger partial charge in [-0.3, -0.25) is 9.78 Å². The van der Waals surface area contributed by atoms with Gasteiger partial charge in [0, 0.05) is 57.1 Å². The van der Waals surface area contributed by atoms with E-state index >= 15 is 0 Å². The molecule has 0 radical (unpaired) electrons. The molecule has 1 saturated heterocycles. The molecule has 2 aromatic rings. The minimum atomic E-state index is 0.00813. The normalized spacial score (nSPS) is 16.0. The fraction of sp³-hybridized carbons (Fsp3) is 0.524. The van der Waals surface area contributed by atoms with Crippen LogP contribution in [0.4, 0.5) is 0 Å². The molecule has 3 rings (SSSR count). The molecular weight excluding hydrogens is 340 g/mol. The smallest absolute Gasteiger partial charge is 0.289 e. The van der Waals surface area contributed by atoms with E-state index in [4.69, 9.17) is 4.42 Å². The Bertz CT molecular complexity index is 679. The maximum Gasteiger partial charge on any atom is 0.289 e. The average Bonchev–Trinajstić information content (AvgIpc) is 3.23. The third kappa shape index (κ3) is 5.65. The van der Waals surface area contributed by atoms with Crippen molar-refractivity contribution in [3.8, 4) is 0 Å². The number of amides is 1. The van der Waals surface area contributed by atoms with E-state index in [1.165, 1.54) is 0 Å². The number of furan rings is 1. The maximum atomic E-state index is 12.9. The molecule has 2 aromatic heterocycles. The fourth-order valence-electron chi connectivity index (χ4n) is 3.57. The second kappa shape index (κ2) is 9.67. The first-order valence-electron chi connectivity index (χ1n) is 9.75. The van der Waals surface area contributed by atoms with Crippen LogP contribution in [0.25, 0.3) is 0 Å². The maximum absolute atomic E-state index is 12.9. The highest BCUT2D eigenvalue weighted by molar-refractivity contribution is 5.91. The Balaban J connectivity index is 1.54. The van der Waals surface area contributed by atoms with E-state index in [9.17, 15) is 4.79 Å². The molecular formula is C21H30N4O2. The number of pyridine rings is 1. The van der Waals surface area contributed by atoms with E-state index in [1.54, 1.807) is 18.4 Å². The van der Waals surface area contributed by atoms with E-state index in [0.717, 1.165) is 57.7 Å². The lowest BCUT2D eigenvalue weighted by Crippen LogP contribution is -2.49. The first kappa shape index (κ1) is 19.6. The molecule has 3 heterocycles. The highest BCUT2D eigenvalue weighted by Crippen LogP contribution is 2.19. The van der Waals surface area contributed by atoms with Crippen LogP contribution < -0.4 is 0 Å². The van der Waals surface area contributed by atoms with E-state index in [-0.39, 0.29) is 11.9 Å². The van der Waals surface area contributed by atoms with Crippen LogP contribution in [-0.4, -0.2) is 78.5 Å². The van der Waals surface area contributed by atoms with E-state index < -0.39 is 0 Å². The van der Waals surface area contributed by atoms with Crippen LogP contribution in [0.5, 0.6) is 0 Å². The van der Waals surface area contributed by atoms with Crippen molar-refractivity contribution in [3.63, 3.8) is 0 Å². The molecule has 6 nitrogen and oxygen atoms in total. The van der Waals surface area contributed by atoms with Gasteiger partial charge >= 0.3 is 0 Å². The van der Waals surface area contributed by atoms with Crippen molar-refractivity contribution in [2.24, 2.45) is 0 Å². The van der Waals surface area contributed by atoms with Gasteiger partial charge in [0.2, 0.25) is 0 Å². The lowest BCUT2D eigenvalue weighted by molar-refractivity contribution is 0.0526. The van der Waals surface area contributed by atoms with Gasteiger partial charge in [-0.2, -0.15) is 0 Å². The molecule has 6 heteroatoms. The Kier molecular flexibility index (Phi) is 7.01. The molecule has 1 aliphatic heterocycles. The van der Waals surface area contributed by atoms with Crippen LogP contribution in [-0.2, 0) is 6.42 Å². The molecule has 1 aliphatic rings. The summed E-state index contributed by atoms with van der Waals surface area (Å²) < 4.78 is 5.36. The molecule has 27 heavy (non-hydrogen) atoms. The largest absolute Gasteiger partial charge is 0.459 e. The lowest BCUT2D eigenvalue weighted by atomic mass is 10.0. The summed E-state index contributed by atoms with van der Waals surface area (Å²) in [5.41, 5.74) is 1.14. The summed E-state index contributed by atoms with van der Waals surface area (Å²) in [5.74, 6) is 0.445. The van der Waals surface area contributed by atoms with Gasteiger partial charge in [-0.1, -0.05) is 6.07 Å². The zero-order valence-corrected chi connectivity index (χ0v) is 16.4. The van der Waals surface area contributed by atoms with Crippen molar-refractivity contribution in [1.82, 2.24) is 19.7 Å². The number of piperidine rings is 1. The SMILES string of the molecule is CN(C)CCN(C(=O)c1ccco1)C1CCN(CCc2ccccn2)CC1. The Hall–Kier alpha value is -2.18. The number of rotatable bonds is 8. The van der Waals surface area contributed by atoms with Gasteiger partial charge in [-0.15, -0.1) is 0 Å². The minimum absolute atomic E-state index is 0.00813. The molecule has 0 N–H and O–H groups in total. The number of likely N-dealkylation sites (N-methyl/N-ethyl adjacent to an activating group) is 1. The van der Waals surface area contributed by atoms with Crippen LogP contribution in [0, 0.1) is 0 Å². The second-order valence-corrected chi connectivity index (χ2v) is 7.42. The van der Waals surface area contributed by atoms with Crippen molar-refractivity contribution in [1.29, 1.82) is 0 Å². The van der Waals surface area contributed by atoms with Gasteiger partial charge in [-0.05, 0) is 51.2 Å². The van der Waals surface area contributed by atoms with Crippen molar-refractivity contribution >= 4 is 5.91 Å². The first-order valence-corrected chi connectivity index (χ1v) is 9.75. The van der Waals surface area contributed by atoms with E-state index in [2.05, 4.69) is 20.9 Å². The van der Waals surface area contributed by atoms with Crippen molar-refractivity contribution < 1.29 is 9.21 Å². The van der Waals surface area contributed by atoms with Gasteiger partial charge < -0.3 is 19.1 Å². The number of hydrogen-bond donors (Lipinski definition) is 0. The summed E-state index contributed by atoms with van der Waals surface area (Å²) in [5, 5.41) is 0. The van der Waals surface area contributed by atoms with Crippen LogP contribution >= 0.6 is 0 Å². The highest BCUT2D eigenvalue weighted by Gasteiger charge is 2.29. The number of carbonyl (C=O) groups is 1. The van der Waals surface area contributed by atoms with Crippen LogP contribution in [0.3, 0.4) is 0 Å². The summed E-state index contributed by atoms with van der Waals surface area (Å²) >= 11 is 0. The van der Waals surface area contributed by atoms with E-state index in [0.29, 0.717) is 5.76 Å². The first-order chi connectivity index (χ1) is 13.1. The highest BCUT2D eigenvalue weighted by atomic mass is 16.3. The number of hydrogen-bond acceptors (Lipinski definition) is 5. The zero-order valence-electron chi connectivity index (χ0n) is 16.4. The summed E-state index contributed by atoms with van der Waals surface area (Å²) in [4.78, 5) is 23.9. The Morgan fingerprint density at radius 3 is 2.63 bits per heavy atom. The quantitative estimate of drug-likeness (QED) is 0.714. The number of nitrogens with zero attached hydrogens (tertiary/aromatic N) is 4. The third-order valence-corrected chi connectivity index (χ3v) is 5.19. The van der Waals surface area contributed by atoms with E-state index in [1.807, 2.05) is 37.3 Å². The van der Waals surface area contributed by atoms with Gasteiger partial charge in [-0.25, -0.2) is 0 Å². The van der Waals surface area contributed by atoms with Crippen molar-refractivity contribution in [2.75, 3.05) is 46.8 Å². The third-order valence-electron chi connectivity index (χ3n) is 5.19. The van der Waals surface area contributed by atoms with Gasteiger partial charge in [0.1, 0.15) is 0 Å². The molecule has 0 aromatic carbocycles. The van der Waals surface area contributed by atoms with Crippen molar-refractivity contribution in [3.05, 3.63) is 54.2 Å². The molecule has 0 bridgehead atoms. The predicted octanol–water partition coefficient (Wildman–Crippen LogP) is 2.39. The van der Waals surface area contributed by atoms with Gasteiger partial charge in [0.25, 0.3) is 5.91 Å². The summed E-state index contributed by atoms with van der Waals surface area (Å²) in [6, 6.07) is 9.88. The van der Waals surface area contributed by atoms with Crippen LogP contribution in [0.15, 0.2) is 47.2 Å². The summed E-state index contributed by atoms with van der Waals surface area (Å²) in [6.07, 6.45) is 6.40. The second-order valence-electron chi connectivity index (χ2n) is 7.42. The Labute approximate surface area is 161 Å². The average molecular weight is 370 g/mol. The summed E-state index contributed by atoms with van der Waals surface area (Å²) in [7, 11) is 4.07. The topological polar surface area (TPSA) is 52.8 Å². The molecule has 0 atom stereocenters. The fourth-order valence-corrected chi connectivity index (χ4v) is 3.57. The molecule has 146 valence electrons. The molecule has 0 saturated carbocycles. The number of likely N-dealkylation sites (tertiary alicyclic amines) is 1. The molecule has 0 aliphatic carbocycles. The Morgan fingerprint density at radius 1 is 1.19 bits per heavy atom. The van der Waals surface area contributed by atoms with Crippen molar-refractivity contribution in [2.45, 2.75) is 25.3 Å². The molecule has 0 unspecified atom stereocenters. The standard InChI is InChI=1S/C21H30N4O2/c1-23(2)15-16-25(21(26)20-7-5-17-27-20)19-9-13-24(14-10-19)12-8-18-6-3-4-11-22-18/h3-7,11,17,19H,8-10,12-16H2,1-2H3. The Morgan fingerprint density at radius 2 is 2.00 bits per heavy atom. The predicted molar refractivity (Wildman–Crippen MR) is 106 cm³/mol.